The van der Waals surface area contributed by atoms with Crippen molar-refractivity contribution in [2.75, 3.05) is 17.9 Å². The summed E-state index contributed by atoms with van der Waals surface area (Å²) >= 11 is 1.06. The highest BCUT2D eigenvalue weighted by Gasteiger charge is 2.23. The molecule has 0 saturated heterocycles. The van der Waals surface area contributed by atoms with Gasteiger partial charge in [0.1, 0.15) is 15.5 Å². The number of rotatable bonds is 6. The highest BCUT2D eigenvalue weighted by atomic mass is 32.2. The number of nitrogens with one attached hydrogen (secondary N) is 1. The van der Waals surface area contributed by atoms with E-state index in [0.717, 1.165) is 29.4 Å². The number of nitrogens with zero attached hydrogens (tertiary/aromatic N) is 1. The Bertz CT molecular complexity index is 1260. The smallest absolute Gasteiger partial charge is 0.342 e. The Morgan fingerprint density at radius 2 is 1.88 bits per heavy atom. The minimum Gasteiger partial charge on any atom is -0.507 e. The van der Waals surface area contributed by atoms with Crippen molar-refractivity contribution in [3.63, 3.8) is 0 Å². The van der Waals surface area contributed by atoms with Gasteiger partial charge in [-0.1, -0.05) is 30.3 Å². The second kappa shape index (κ2) is 9.01. The number of fused-ring (bicyclic) bond motifs is 1. The number of hydrogen-bond acceptors (Lipinski definition) is 7. The molecule has 2 heterocycles. The highest BCUT2D eigenvalue weighted by Crippen LogP contribution is 2.26. The van der Waals surface area contributed by atoms with E-state index < -0.39 is 28.3 Å². The lowest BCUT2D eigenvalue weighted by Gasteiger charge is -2.28. The largest absolute Gasteiger partial charge is 0.507 e. The summed E-state index contributed by atoms with van der Waals surface area (Å²) < 4.78 is 32.1. The molecule has 0 aliphatic carbocycles. The molecule has 2 N–H and O–H groups in total. The van der Waals surface area contributed by atoms with Crippen molar-refractivity contribution >= 4 is 38.9 Å². The van der Waals surface area contributed by atoms with Crippen molar-refractivity contribution in [2.45, 2.75) is 17.2 Å². The first-order chi connectivity index (χ1) is 15.3. The van der Waals surface area contributed by atoms with E-state index in [1.54, 1.807) is 16.3 Å². The molecule has 0 saturated carbocycles. The molecular formula is C22H20N2O6S2. The summed E-state index contributed by atoms with van der Waals surface area (Å²) in [6.45, 7) is 0.543. The lowest BCUT2D eigenvalue weighted by atomic mass is 10.00. The predicted octanol–water partition coefficient (Wildman–Crippen LogP) is 3.00. The summed E-state index contributed by atoms with van der Waals surface area (Å²) in [6, 6.07) is 14.6. The molecule has 166 valence electrons. The van der Waals surface area contributed by atoms with Gasteiger partial charge in [0, 0.05) is 19.2 Å². The zero-order valence-corrected chi connectivity index (χ0v) is 18.5. The Labute approximate surface area is 189 Å². The number of phenols is 1. The number of ether oxygens (including phenoxy) is 1. The van der Waals surface area contributed by atoms with Gasteiger partial charge in [0.2, 0.25) is 0 Å². The molecule has 4 rings (SSSR count). The van der Waals surface area contributed by atoms with Crippen molar-refractivity contribution in [1.82, 2.24) is 4.90 Å². The van der Waals surface area contributed by atoms with Crippen LogP contribution in [0.25, 0.3) is 0 Å². The van der Waals surface area contributed by atoms with E-state index in [1.165, 1.54) is 23.8 Å². The van der Waals surface area contributed by atoms with Gasteiger partial charge in [0.25, 0.3) is 15.9 Å². The Balaban J connectivity index is 1.36. The standard InChI is InChI=1S/C22H20N2O6S2/c25-19-12-17(23-32(28,29)21-6-3-11-31-21)7-8-18(19)22(27)30-14-20(26)24-10-9-15-4-1-2-5-16(15)13-24/h1-8,11-12,23,25H,9-10,13-14H2. The second-order valence-corrected chi connectivity index (χ2v) is 10.0. The SMILES string of the molecule is O=C(OCC(=O)N1CCc2ccccc2C1)c1ccc(NS(=O)(=O)c2cccs2)cc1O. The zero-order chi connectivity index (χ0) is 22.7. The molecule has 32 heavy (non-hydrogen) atoms. The summed E-state index contributed by atoms with van der Waals surface area (Å²) in [6.07, 6.45) is 0.736. The van der Waals surface area contributed by atoms with Gasteiger partial charge in [-0.3, -0.25) is 9.52 Å². The van der Waals surface area contributed by atoms with Gasteiger partial charge < -0.3 is 14.7 Å². The number of carbonyl (C=O) groups excluding carboxylic acids is 2. The van der Waals surface area contributed by atoms with Crippen molar-refractivity contribution in [3.05, 3.63) is 76.7 Å². The minimum atomic E-state index is -3.78. The van der Waals surface area contributed by atoms with Crippen molar-refractivity contribution in [2.24, 2.45) is 0 Å². The van der Waals surface area contributed by atoms with Crippen LogP contribution >= 0.6 is 11.3 Å². The van der Waals surface area contributed by atoms with E-state index in [0.29, 0.717) is 13.1 Å². The fourth-order valence-corrected chi connectivity index (χ4v) is 5.44. The van der Waals surface area contributed by atoms with Gasteiger partial charge in [-0.25, -0.2) is 13.2 Å². The predicted molar refractivity (Wildman–Crippen MR) is 119 cm³/mol. The maximum absolute atomic E-state index is 12.5. The van der Waals surface area contributed by atoms with Crippen molar-refractivity contribution < 1.29 is 27.9 Å². The summed E-state index contributed by atoms with van der Waals surface area (Å²) in [5.74, 6) is -1.66. The molecule has 1 aliphatic heterocycles. The molecule has 10 heteroatoms. The van der Waals surface area contributed by atoms with E-state index >= 15 is 0 Å². The number of aromatic hydroxyl groups is 1. The average molecular weight is 473 g/mol. The van der Waals surface area contributed by atoms with Gasteiger partial charge in [-0.15, -0.1) is 11.3 Å². The number of phenolic OH excluding ortho intramolecular Hbond substituents is 1. The molecule has 1 amide bonds. The van der Waals surface area contributed by atoms with E-state index in [2.05, 4.69) is 4.72 Å². The quantitative estimate of drug-likeness (QED) is 0.534. The third kappa shape index (κ3) is 4.76. The number of esters is 1. The molecule has 0 unspecified atom stereocenters. The molecule has 3 aromatic rings. The number of carbonyl (C=O) groups is 2. The van der Waals surface area contributed by atoms with Gasteiger partial charge in [0.15, 0.2) is 6.61 Å². The molecule has 0 atom stereocenters. The van der Waals surface area contributed by atoms with Crippen LogP contribution in [-0.4, -0.2) is 43.5 Å². The van der Waals surface area contributed by atoms with E-state index in [1.807, 2.05) is 24.3 Å². The van der Waals surface area contributed by atoms with Crippen LogP contribution < -0.4 is 4.72 Å². The first-order valence-corrected chi connectivity index (χ1v) is 12.1. The minimum absolute atomic E-state index is 0.0931. The Kier molecular flexibility index (Phi) is 6.15. The van der Waals surface area contributed by atoms with Crippen molar-refractivity contribution in [3.8, 4) is 5.75 Å². The first-order valence-electron chi connectivity index (χ1n) is 9.74. The van der Waals surface area contributed by atoms with Crippen LogP contribution in [0.1, 0.15) is 21.5 Å². The van der Waals surface area contributed by atoms with Gasteiger partial charge in [-0.2, -0.15) is 0 Å². The average Bonchev–Trinajstić information content (AvgIpc) is 3.33. The molecule has 0 fully saturated rings. The molecular weight excluding hydrogens is 452 g/mol. The van der Waals surface area contributed by atoms with Crippen molar-refractivity contribution in [1.29, 1.82) is 0 Å². The van der Waals surface area contributed by atoms with Gasteiger partial charge >= 0.3 is 5.97 Å². The fourth-order valence-electron chi connectivity index (χ4n) is 3.39. The van der Waals surface area contributed by atoms with Crippen LogP contribution in [0.5, 0.6) is 5.75 Å². The molecule has 0 radical (unpaired) electrons. The third-order valence-corrected chi connectivity index (χ3v) is 7.82. The molecule has 1 aromatic heterocycles. The molecule has 2 aromatic carbocycles. The Hall–Kier alpha value is -3.37. The maximum Gasteiger partial charge on any atom is 0.342 e. The van der Waals surface area contributed by atoms with E-state index in [4.69, 9.17) is 4.74 Å². The van der Waals surface area contributed by atoms with E-state index in [-0.39, 0.29) is 21.4 Å². The number of thiophene rings is 1. The third-order valence-electron chi connectivity index (χ3n) is 5.04. The molecule has 0 bridgehead atoms. The van der Waals surface area contributed by atoms with E-state index in [9.17, 15) is 23.1 Å². The lowest BCUT2D eigenvalue weighted by molar-refractivity contribution is -0.135. The van der Waals surface area contributed by atoms with Gasteiger partial charge in [-0.05, 0) is 41.1 Å². The molecule has 8 nitrogen and oxygen atoms in total. The normalized spacial score (nSPS) is 13.3. The lowest BCUT2D eigenvalue weighted by Crippen LogP contribution is -2.38. The highest BCUT2D eigenvalue weighted by molar-refractivity contribution is 7.94. The summed E-state index contributed by atoms with van der Waals surface area (Å²) in [4.78, 5) is 26.4. The van der Waals surface area contributed by atoms with Crippen LogP contribution in [0.15, 0.2) is 64.2 Å². The van der Waals surface area contributed by atoms with Crippen LogP contribution in [-0.2, 0) is 32.5 Å². The second-order valence-electron chi connectivity index (χ2n) is 7.18. The molecule has 0 spiro atoms. The Morgan fingerprint density at radius 3 is 2.59 bits per heavy atom. The monoisotopic (exact) mass is 472 g/mol. The number of amides is 1. The van der Waals surface area contributed by atoms with Gasteiger partial charge in [0.05, 0.1) is 5.69 Å². The molecule has 1 aliphatic rings. The van der Waals surface area contributed by atoms with Crippen LogP contribution in [0, 0.1) is 0 Å². The number of benzene rings is 2. The number of anilines is 1. The number of sulfonamides is 1. The fraction of sp³-hybridized carbons (Fsp3) is 0.182. The topological polar surface area (TPSA) is 113 Å². The summed E-state index contributed by atoms with van der Waals surface area (Å²) in [5.41, 5.74) is 2.20. The van der Waals surface area contributed by atoms with Crippen LogP contribution in [0.3, 0.4) is 0 Å². The van der Waals surface area contributed by atoms with Crippen LogP contribution in [0.2, 0.25) is 0 Å². The summed E-state index contributed by atoms with van der Waals surface area (Å²) in [5, 5.41) is 11.8. The van der Waals surface area contributed by atoms with Crippen LogP contribution in [0.4, 0.5) is 5.69 Å². The zero-order valence-electron chi connectivity index (χ0n) is 16.9. The number of hydrogen-bond donors (Lipinski definition) is 2. The first kappa shape index (κ1) is 21.8. The maximum atomic E-state index is 12.5. The summed E-state index contributed by atoms with van der Waals surface area (Å²) in [7, 11) is -3.78. The Morgan fingerprint density at radius 1 is 1.09 bits per heavy atom.